The summed E-state index contributed by atoms with van der Waals surface area (Å²) in [6.45, 7) is 2.25. The largest absolute Gasteiger partial charge is 0.147 e. The van der Waals surface area contributed by atoms with Gasteiger partial charge in [-0.25, -0.2) is 0 Å². The molecule has 4 heteroatoms. The molecule has 0 bridgehead atoms. The fourth-order valence-electron chi connectivity index (χ4n) is 1.46. The first kappa shape index (κ1) is 17.0. The van der Waals surface area contributed by atoms with Crippen molar-refractivity contribution in [2.75, 3.05) is 0 Å². The Morgan fingerprint density at radius 1 is 1.07 bits per heavy atom. The van der Waals surface area contributed by atoms with Crippen molar-refractivity contribution in [3.05, 3.63) is 41.5 Å². The van der Waals surface area contributed by atoms with Crippen LogP contribution in [0.3, 0.4) is 0 Å². The standard InChI is InChI=1S/C10H9.3ClH.Ti/c1-8-6-7-9-4-2-3-5-10(8)9;;;;/h2-7H,1H3;3*1H;. The predicted molar refractivity (Wildman–Crippen MR) is 64.6 cm³/mol. The summed E-state index contributed by atoms with van der Waals surface area (Å²) in [6, 6.07) is 8.56. The van der Waals surface area contributed by atoms with Crippen LogP contribution in [0, 0.1) is 0 Å². The van der Waals surface area contributed by atoms with Crippen LogP contribution in [-0.2, 0) is 24.2 Å². The van der Waals surface area contributed by atoms with Crippen molar-refractivity contribution in [3.63, 3.8) is 0 Å². The molecule has 0 nitrogen and oxygen atoms in total. The van der Waals surface area contributed by atoms with E-state index in [1.165, 1.54) is 11.1 Å². The summed E-state index contributed by atoms with van der Waals surface area (Å²) in [6.07, 6.45) is 4.47. The molecule has 0 aliphatic heterocycles. The van der Waals surface area contributed by atoms with Gasteiger partial charge in [0.15, 0.2) is 0 Å². The fourth-order valence-corrected chi connectivity index (χ4v) is 1.95. The Bertz CT molecular complexity index is 321. The smallest absolute Gasteiger partial charge is 0.147 e. The van der Waals surface area contributed by atoms with Gasteiger partial charge in [0.1, 0.15) is 0 Å². The Balaban J connectivity index is 0. The Morgan fingerprint density at radius 3 is 2.21 bits per heavy atom. The van der Waals surface area contributed by atoms with Gasteiger partial charge in [0.2, 0.25) is 0 Å². The molecule has 1 aliphatic carbocycles. The van der Waals surface area contributed by atoms with Crippen molar-refractivity contribution in [3.8, 4) is 0 Å². The number of halogens is 3. The average Bonchev–Trinajstić information content (AvgIpc) is 2.29. The minimum atomic E-state index is 0. The third-order valence-electron chi connectivity index (χ3n) is 2.12. The van der Waals surface area contributed by atoms with Gasteiger partial charge in [-0.3, -0.25) is 0 Å². The monoisotopic (exact) mass is 285 g/mol. The van der Waals surface area contributed by atoms with Gasteiger partial charge in [0, 0.05) is 0 Å². The quantitative estimate of drug-likeness (QED) is 0.637. The van der Waals surface area contributed by atoms with Crippen molar-refractivity contribution in [2.24, 2.45) is 0 Å². The van der Waals surface area contributed by atoms with E-state index >= 15 is 0 Å². The summed E-state index contributed by atoms with van der Waals surface area (Å²) in [5.41, 5.74) is 2.82. The maximum Gasteiger partial charge on any atom is -0.147 e. The topological polar surface area (TPSA) is 0 Å². The normalized spacial score (nSPS) is 21.1. The van der Waals surface area contributed by atoms with Crippen molar-refractivity contribution >= 4 is 43.3 Å². The van der Waals surface area contributed by atoms with Crippen LogP contribution < -0.4 is 0 Å². The minimum absolute atomic E-state index is 0. The van der Waals surface area contributed by atoms with E-state index in [0.717, 1.165) is 0 Å². The van der Waals surface area contributed by atoms with Crippen molar-refractivity contribution < 1.29 is 20.4 Å². The van der Waals surface area contributed by atoms with Gasteiger partial charge >= 0.3 is 78.6 Å². The second-order valence-electron chi connectivity index (χ2n) is 3.12. The van der Waals surface area contributed by atoms with Gasteiger partial charge in [-0.1, -0.05) is 0 Å². The molecule has 0 radical (unpaired) electrons. The van der Waals surface area contributed by atoms with Crippen LogP contribution in [0.4, 0.5) is 0 Å². The number of rotatable bonds is 0. The van der Waals surface area contributed by atoms with E-state index in [1.807, 2.05) is 0 Å². The molecule has 0 saturated heterocycles. The molecule has 0 heterocycles. The molecule has 1 aliphatic rings. The van der Waals surface area contributed by atoms with Crippen molar-refractivity contribution in [1.82, 2.24) is 0 Å². The van der Waals surface area contributed by atoms with Crippen LogP contribution >= 0.6 is 37.2 Å². The molecule has 0 N–H and O–H groups in total. The maximum absolute atomic E-state index is 2.26. The molecule has 2 rings (SSSR count). The number of benzene rings is 1. The molecule has 77 valence electrons. The predicted octanol–water partition coefficient (Wildman–Crippen LogP) is 3.74. The van der Waals surface area contributed by atoms with Gasteiger partial charge in [-0.05, 0) is 0 Å². The zero-order valence-electron chi connectivity index (χ0n) is 7.69. The van der Waals surface area contributed by atoms with Gasteiger partial charge in [-0.15, -0.1) is 37.2 Å². The van der Waals surface area contributed by atoms with E-state index in [1.54, 1.807) is 0 Å². The number of allylic oxidation sites excluding steroid dienone is 1. The summed E-state index contributed by atoms with van der Waals surface area (Å²) >= 11 is 2.25. The molecular formula is C10H12Cl3Ti. The van der Waals surface area contributed by atoms with E-state index < -0.39 is 0 Å². The van der Waals surface area contributed by atoms with Gasteiger partial charge in [0.05, 0.1) is 0 Å². The number of hydrogen-bond donors (Lipinski definition) is 0. The summed E-state index contributed by atoms with van der Waals surface area (Å²) in [7, 11) is 0. The first-order valence-corrected chi connectivity index (χ1v) is 4.52. The van der Waals surface area contributed by atoms with Gasteiger partial charge in [-0.2, -0.15) is 0 Å². The zero-order chi connectivity index (χ0) is 7.90. The number of fused-ring (bicyclic) bond motifs is 1. The van der Waals surface area contributed by atoms with Crippen LogP contribution in [0.15, 0.2) is 30.3 Å². The Labute approximate surface area is 115 Å². The van der Waals surface area contributed by atoms with Crippen LogP contribution in [0.1, 0.15) is 18.1 Å². The van der Waals surface area contributed by atoms with Crippen LogP contribution in [0.2, 0.25) is 0 Å². The molecule has 0 amide bonds. The molecule has 0 aromatic heterocycles. The van der Waals surface area contributed by atoms with E-state index in [9.17, 15) is 0 Å². The average molecular weight is 286 g/mol. The molecule has 0 spiro atoms. The van der Waals surface area contributed by atoms with Crippen molar-refractivity contribution in [1.29, 1.82) is 0 Å². The minimum Gasteiger partial charge on any atom is -0.147 e. The second kappa shape index (κ2) is 6.20. The summed E-state index contributed by atoms with van der Waals surface area (Å²) < 4.78 is 0.247. The van der Waals surface area contributed by atoms with Crippen LogP contribution in [0.5, 0.6) is 0 Å². The Kier molecular flexibility index (Phi) is 7.51. The molecule has 1 unspecified atom stereocenters. The first-order chi connectivity index (χ1) is 5.20. The van der Waals surface area contributed by atoms with Gasteiger partial charge in [0.25, 0.3) is 0 Å². The van der Waals surface area contributed by atoms with Crippen molar-refractivity contribution in [2.45, 2.75) is 10.6 Å². The molecule has 1 aromatic rings. The fraction of sp³-hybridized carbons (Fsp3) is 0.200. The Hall–Kier alpha value is 0.544. The zero-order valence-corrected chi connectivity index (χ0v) is 11.7. The molecular weight excluding hydrogens is 274 g/mol. The van der Waals surface area contributed by atoms with E-state index in [4.69, 9.17) is 0 Å². The third-order valence-corrected chi connectivity index (χ3v) is 2.80. The molecule has 0 saturated carbocycles. The van der Waals surface area contributed by atoms with E-state index in [0.29, 0.717) is 0 Å². The second-order valence-corrected chi connectivity index (χ2v) is 4.74. The molecule has 1 atom stereocenters. The maximum atomic E-state index is 2.26. The molecule has 0 fully saturated rings. The Morgan fingerprint density at radius 2 is 1.64 bits per heavy atom. The summed E-state index contributed by atoms with van der Waals surface area (Å²) in [5, 5.41) is 0. The summed E-state index contributed by atoms with van der Waals surface area (Å²) in [5.74, 6) is 0. The number of hydrogen-bond acceptors (Lipinski definition) is 0. The van der Waals surface area contributed by atoms with Crippen LogP contribution in [0.25, 0.3) is 6.08 Å². The molecule has 14 heavy (non-hydrogen) atoms. The van der Waals surface area contributed by atoms with Gasteiger partial charge < -0.3 is 0 Å². The molecule has 1 aromatic carbocycles. The SMILES string of the molecule is C[C]1([Ti])C=Cc2ccccc21.Cl.Cl.Cl. The van der Waals surface area contributed by atoms with E-state index in [2.05, 4.69) is 63.8 Å². The summed E-state index contributed by atoms with van der Waals surface area (Å²) in [4.78, 5) is 0. The van der Waals surface area contributed by atoms with E-state index in [-0.39, 0.29) is 40.9 Å². The van der Waals surface area contributed by atoms with Crippen LogP contribution in [-0.4, -0.2) is 0 Å². The third kappa shape index (κ3) is 3.02. The first-order valence-electron chi connectivity index (χ1n) is 3.74.